The van der Waals surface area contributed by atoms with Crippen LogP contribution in [0.1, 0.15) is 78.2 Å². The van der Waals surface area contributed by atoms with Crippen molar-refractivity contribution in [1.82, 2.24) is 14.5 Å². The van der Waals surface area contributed by atoms with Crippen molar-refractivity contribution in [2.75, 3.05) is 13.1 Å². The van der Waals surface area contributed by atoms with Crippen LogP contribution < -0.4 is 11.0 Å². The van der Waals surface area contributed by atoms with Crippen molar-refractivity contribution in [3.05, 3.63) is 34.6 Å². The molecule has 3 aliphatic carbocycles. The molecule has 3 saturated carbocycles. The van der Waals surface area contributed by atoms with Crippen LogP contribution in [-0.2, 0) is 4.57 Å². The molecule has 1 aromatic heterocycles. The topological polar surface area (TPSA) is 95.7 Å². The predicted molar refractivity (Wildman–Crippen MR) is 139 cm³/mol. The molecule has 2 bridgehead atoms. The number of hydrogen-bond donors (Lipinski definition) is 2. The Morgan fingerprint density at radius 2 is 1.89 bits per heavy atom. The van der Waals surface area contributed by atoms with Gasteiger partial charge in [-0.3, -0.25) is 9.36 Å². The van der Waals surface area contributed by atoms with Gasteiger partial charge in [0.15, 0.2) is 0 Å². The van der Waals surface area contributed by atoms with E-state index in [2.05, 4.69) is 30.7 Å². The SMILES string of the molecule is CCC[C@@H]1C[C@H](n2c(=O)c(P(=O)(O)O)nc3ccccc32)CCN1CC[C@@H]1CC[C@H]2C[C@@H]1C2(C)C. The molecule has 2 aromatic rings. The molecule has 192 valence electrons. The third-order valence-electron chi connectivity index (χ3n) is 9.64. The van der Waals surface area contributed by atoms with Gasteiger partial charge < -0.3 is 19.3 Å². The van der Waals surface area contributed by atoms with Gasteiger partial charge in [-0.05, 0) is 86.8 Å². The molecule has 7 nitrogen and oxygen atoms in total. The minimum absolute atomic E-state index is 0.0884. The maximum atomic E-state index is 13.3. The molecule has 1 saturated heterocycles. The molecule has 8 heteroatoms. The second-order valence-corrected chi connectivity index (χ2v) is 13.3. The van der Waals surface area contributed by atoms with Crippen LogP contribution in [0.4, 0.5) is 0 Å². The number of fused-ring (bicyclic) bond motifs is 3. The van der Waals surface area contributed by atoms with E-state index >= 15 is 0 Å². The number of hydrogen-bond acceptors (Lipinski definition) is 4. The highest BCUT2D eigenvalue weighted by atomic mass is 31.2. The summed E-state index contributed by atoms with van der Waals surface area (Å²) in [5.74, 6) is 2.63. The first-order valence-corrected chi connectivity index (χ1v) is 15.0. The molecule has 0 unspecified atom stereocenters. The van der Waals surface area contributed by atoms with Gasteiger partial charge in [0.25, 0.3) is 5.56 Å². The zero-order valence-corrected chi connectivity index (χ0v) is 22.2. The molecule has 0 radical (unpaired) electrons. The van der Waals surface area contributed by atoms with Crippen molar-refractivity contribution < 1.29 is 14.4 Å². The quantitative estimate of drug-likeness (QED) is 0.544. The fourth-order valence-corrected chi connectivity index (χ4v) is 8.17. The minimum Gasteiger partial charge on any atom is -0.320 e. The molecule has 0 spiro atoms. The van der Waals surface area contributed by atoms with Crippen LogP contribution in [0.5, 0.6) is 0 Å². The van der Waals surface area contributed by atoms with E-state index < -0.39 is 18.6 Å². The van der Waals surface area contributed by atoms with Gasteiger partial charge in [-0.15, -0.1) is 0 Å². The van der Waals surface area contributed by atoms with Gasteiger partial charge in [-0.1, -0.05) is 39.3 Å². The molecule has 4 aliphatic rings. The summed E-state index contributed by atoms with van der Waals surface area (Å²) in [6.07, 6.45) is 9.20. The van der Waals surface area contributed by atoms with Crippen LogP contribution in [0.2, 0.25) is 0 Å². The molecule has 4 fully saturated rings. The first-order chi connectivity index (χ1) is 16.6. The van der Waals surface area contributed by atoms with Crippen LogP contribution in [0.15, 0.2) is 29.1 Å². The lowest BCUT2D eigenvalue weighted by molar-refractivity contribution is -0.109. The summed E-state index contributed by atoms with van der Waals surface area (Å²) < 4.78 is 13.7. The maximum Gasteiger partial charge on any atom is 0.380 e. The summed E-state index contributed by atoms with van der Waals surface area (Å²) in [5, 5.41) is 0. The zero-order chi connectivity index (χ0) is 25.0. The molecule has 1 aliphatic heterocycles. The van der Waals surface area contributed by atoms with E-state index in [-0.39, 0.29) is 6.04 Å². The highest BCUT2D eigenvalue weighted by Crippen LogP contribution is 2.62. The van der Waals surface area contributed by atoms with Gasteiger partial charge >= 0.3 is 7.60 Å². The fourth-order valence-electron chi connectivity index (χ4n) is 7.57. The van der Waals surface area contributed by atoms with Gasteiger partial charge in [0.05, 0.1) is 11.0 Å². The van der Waals surface area contributed by atoms with Crippen molar-refractivity contribution in [2.45, 2.75) is 84.2 Å². The standard InChI is InChI=1S/C27H40N3O4P/c1-4-7-20-17-21(13-15-29(20)14-12-18-10-11-19-16-22(18)27(19,2)3)30-24-9-6-5-8-23(24)28-25(26(30)31)35(32,33)34/h5-6,8-9,18-22H,4,7,10-17H2,1-3H3,(H2,32,33,34)/t18-,19-,20+,21+,22-/m0/s1. The third-order valence-corrected chi connectivity index (χ3v) is 10.5. The number of aromatic nitrogens is 2. The monoisotopic (exact) mass is 501 g/mol. The van der Waals surface area contributed by atoms with E-state index in [0.717, 1.165) is 56.5 Å². The van der Waals surface area contributed by atoms with Crippen LogP contribution >= 0.6 is 7.60 Å². The lowest BCUT2D eigenvalue weighted by Crippen LogP contribution is -2.53. The summed E-state index contributed by atoms with van der Waals surface area (Å²) in [5.41, 5.74) is 0.351. The average molecular weight is 502 g/mol. The average Bonchev–Trinajstić information content (AvgIpc) is 2.82. The largest absolute Gasteiger partial charge is 0.380 e. The highest BCUT2D eigenvalue weighted by molar-refractivity contribution is 7.59. The Labute approximate surface area is 208 Å². The summed E-state index contributed by atoms with van der Waals surface area (Å²) >= 11 is 0. The number of nitrogens with zero attached hydrogens (tertiary/aromatic N) is 3. The van der Waals surface area contributed by atoms with E-state index in [9.17, 15) is 19.1 Å². The zero-order valence-electron chi connectivity index (χ0n) is 21.3. The Morgan fingerprint density at radius 1 is 1.11 bits per heavy atom. The van der Waals surface area contributed by atoms with Gasteiger partial charge in [-0.25, -0.2) is 4.98 Å². The van der Waals surface area contributed by atoms with E-state index in [4.69, 9.17) is 0 Å². The van der Waals surface area contributed by atoms with Crippen molar-refractivity contribution >= 4 is 24.1 Å². The van der Waals surface area contributed by atoms with E-state index in [1.54, 1.807) is 16.7 Å². The molecule has 6 rings (SSSR count). The Kier molecular flexibility index (Phi) is 6.75. The van der Waals surface area contributed by atoms with Gasteiger partial charge in [0.2, 0.25) is 5.44 Å². The Balaban J connectivity index is 1.37. The molecule has 35 heavy (non-hydrogen) atoms. The van der Waals surface area contributed by atoms with Crippen molar-refractivity contribution in [3.8, 4) is 0 Å². The third kappa shape index (κ3) is 4.54. The van der Waals surface area contributed by atoms with Crippen LogP contribution in [-0.4, -0.2) is 43.4 Å². The summed E-state index contributed by atoms with van der Waals surface area (Å²) in [6, 6.07) is 7.49. The Morgan fingerprint density at radius 3 is 2.57 bits per heavy atom. The van der Waals surface area contributed by atoms with Crippen molar-refractivity contribution in [1.29, 1.82) is 0 Å². The fraction of sp³-hybridized carbons (Fsp3) is 0.704. The Bertz CT molecular complexity index is 1190. The van der Waals surface area contributed by atoms with Crippen LogP contribution in [0.3, 0.4) is 0 Å². The smallest absolute Gasteiger partial charge is 0.320 e. The van der Waals surface area contributed by atoms with Gasteiger partial charge in [0.1, 0.15) is 0 Å². The summed E-state index contributed by atoms with van der Waals surface area (Å²) in [7, 11) is -4.77. The second-order valence-electron chi connectivity index (χ2n) is 11.8. The first kappa shape index (κ1) is 25.1. The number of para-hydroxylation sites is 2. The number of rotatable bonds is 7. The molecule has 2 N–H and O–H groups in total. The van der Waals surface area contributed by atoms with Crippen LogP contribution in [0.25, 0.3) is 11.0 Å². The molecule has 0 amide bonds. The van der Waals surface area contributed by atoms with Gasteiger partial charge in [0, 0.05) is 18.6 Å². The van der Waals surface area contributed by atoms with Gasteiger partial charge in [-0.2, -0.15) is 0 Å². The van der Waals surface area contributed by atoms with E-state index in [1.807, 2.05) is 12.1 Å². The highest BCUT2D eigenvalue weighted by Gasteiger charge is 2.53. The van der Waals surface area contributed by atoms with E-state index in [0.29, 0.717) is 22.5 Å². The van der Waals surface area contributed by atoms with Crippen molar-refractivity contribution in [3.63, 3.8) is 0 Å². The first-order valence-electron chi connectivity index (χ1n) is 13.4. The Hall–Kier alpha value is -1.53. The summed E-state index contributed by atoms with van der Waals surface area (Å²) in [4.78, 5) is 39.6. The molecule has 1 aromatic carbocycles. The second kappa shape index (κ2) is 9.41. The lowest BCUT2D eigenvalue weighted by atomic mass is 9.45. The molecule has 2 heterocycles. The number of likely N-dealkylation sites (tertiary alicyclic amines) is 1. The van der Waals surface area contributed by atoms with Crippen molar-refractivity contribution in [2.24, 2.45) is 23.2 Å². The number of benzene rings is 1. The minimum atomic E-state index is -4.77. The number of piperidine rings is 1. The molecular weight excluding hydrogens is 461 g/mol. The van der Waals surface area contributed by atoms with E-state index in [1.165, 1.54) is 25.7 Å². The predicted octanol–water partition coefficient (Wildman–Crippen LogP) is 4.47. The normalized spacial score (nSPS) is 30.8. The maximum absolute atomic E-state index is 13.3. The lowest BCUT2D eigenvalue weighted by Gasteiger charge is -2.60. The molecule has 5 atom stereocenters. The van der Waals surface area contributed by atoms with Crippen LogP contribution in [0, 0.1) is 23.2 Å². The summed E-state index contributed by atoms with van der Waals surface area (Å²) in [6.45, 7) is 9.16. The molecular formula is C27H40N3O4P.